The van der Waals surface area contributed by atoms with Crippen molar-refractivity contribution >= 4 is 0 Å². The fourth-order valence-electron chi connectivity index (χ4n) is 1.31. The van der Waals surface area contributed by atoms with Gasteiger partial charge in [-0.15, -0.1) is 0 Å². The Balaban J connectivity index is 2.30. The van der Waals surface area contributed by atoms with Gasteiger partial charge in [0.25, 0.3) is 0 Å². The standard InChI is InChI=1S/C10H18FN3/c1-2-3-6-12-9-10-4-7-13-14(10)8-5-11/h4,7,12H,2-3,5-6,8-9H2,1H3. The molecule has 80 valence electrons. The summed E-state index contributed by atoms with van der Waals surface area (Å²) in [5.74, 6) is 0. The van der Waals surface area contributed by atoms with Gasteiger partial charge in [-0.3, -0.25) is 4.68 Å². The van der Waals surface area contributed by atoms with Gasteiger partial charge in [0.2, 0.25) is 0 Å². The van der Waals surface area contributed by atoms with Crippen molar-refractivity contribution in [1.82, 2.24) is 15.1 Å². The first kappa shape index (κ1) is 11.2. The maximum absolute atomic E-state index is 12.1. The molecule has 1 rings (SSSR count). The van der Waals surface area contributed by atoms with Crippen LogP contribution in [0.4, 0.5) is 4.39 Å². The normalized spacial score (nSPS) is 10.7. The summed E-state index contributed by atoms with van der Waals surface area (Å²) in [7, 11) is 0. The summed E-state index contributed by atoms with van der Waals surface area (Å²) < 4.78 is 13.8. The van der Waals surface area contributed by atoms with E-state index >= 15 is 0 Å². The van der Waals surface area contributed by atoms with Gasteiger partial charge in [-0.1, -0.05) is 13.3 Å². The van der Waals surface area contributed by atoms with E-state index in [1.54, 1.807) is 10.9 Å². The third-order valence-electron chi connectivity index (χ3n) is 2.11. The number of nitrogens with one attached hydrogen (secondary N) is 1. The maximum Gasteiger partial charge on any atom is 0.109 e. The smallest absolute Gasteiger partial charge is 0.109 e. The minimum atomic E-state index is -0.357. The number of hydrogen-bond donors (Lipinski definition) is 1. The van der Waals surface area contributed by atoms with Gasteiger partial charge in [0.1, 0.15) is 6.67 Å². The number of alkyl halides is 1. The predicted octanol–water partition coefficient (Wildman–Crippen LogP) is 1.74. The second-order valence-electron chi connectivity index (χ2n) is 3.26. The van der Waals surface area contributed by atoms with Crippen LogP contribution in [0.15, 0.2) is 12.3 Å². The quantitative estimate of drug-likeness (QED) is 0.678. The van der Waals surface area contributed by atoms with Gasteiger partial charge in [0.05, 0.1) is 12.2 Å². The summed E-state index contributed by atoms with van der Waals surface area (Å²) >= 11 is 0. The SMILES string of the molecule is CCCCNCc1ccnn1CCF. The lowest BCUT2D eigenvalue weighted by Gasteiger charge is -2.06. The van der Waals surface area contributed by atoms with Gasteiger partial charge in [0, 0.05) is 12.7 Å². The Morgan fingerprint density at radius 1 is 1.57 bits per heavy atom. The first-order valence-electron chi connectivity index (χ1n) is 5.16. The third-order valence-corrected chi connectivity index (χ3v) is 2.11. The Morgan fingerprint density at radius 3 is 3.14 bits per heavy atom. The highest BCUT2D eigenvalue weighted by Crippen LogP contribution is 1.98. The molecule has 3 nitrogen and oxygen atoms in total. The van der Waals surface area contributed by atoms with Crippen LogP contribution in [0.1, 0.15) is 25.5 Å². The van der Waals surface area contributed by atoms with E-state index in [4.69, 9.17) is 0 Å². The van der Waals surface area contributed by atoms with Crippen LogP contribution < -0.4 is 5.32 Å². The molecule has 0 aliphatic heterocycles. The van der Waals surface area contributed by atoms with Crippen LogP contribution in [0.5, 0.6) is 0 Å². The van der Waals surface area contributed by atoms with Gasteiger partial charge in [-0.2, -0.15) is 5.10 Å². The molecule has 0 bridgehead atoms. The van der Waals surface area contributed by atoms with E-state index in [1.165, 1.54) is 12.8 Å². The molecule has 0 unspecified atom stereocenters. The summed E-state index contributed by atoms with van der Waals surface area (Å²) in [6.07, 6.45) is 4.08. The van der Waals surface area contributed by atoms with Crippen molar-refractivity contribution in [3.05, 3.63) is 18.0 Å². The van der Waals surface area contributed by atoms with Crippen LogP contribution >= 0.6 is 0 Å². The van der Waals surface area contributed by atoms with Crippen LogP contribution in [0.2, 0.25) is 0 Å². The van der Waals surface area contributed by atoms with Crippen molar-refractivity contribution in [2.24, 2.45) is 0 Å². The molecule has 0 atom stereocenters. The molecule has 0 aromatic carbocycles. The van der Waals surface area contributed by atoms with Gasteiger partial charge >= 0.3 is 0 Å². The molecule has 4 heteroatoms. The van der Waals surface area contributed by atoms with Crippen molar-refractivity contribution in [2.45, 2.75) is 32.9 Å². The van der Waals surface area contributed by atoms with E-state index in [0.717, 1.165) is 18.8 Å². The topological polar surface area (TPSA) is 29.9 Å². The molecule has 0 fully saturated rings. The molecule has 0 amide bonds. The number of aromatic nitrogens is 2. The van der Waals surface area contributed by atoms with E-state index in [2.05, 4.69) is 17.3 Å². The Morgan fingerprint density at radius 2 is 2.43 bits per heavy atom. The second-order valence-corrected chi connectivity index (χ2v) is 3.26. The number of unbranched alkanes of at least 4 members (excludes halogenated alkanes) is 1. The lowest BCUT2D eigenvalue weighted by Crippen LogP contribution is -2.18. The minimum absolute atomic E-state index is 0.357. The monoisotopic (exact) mass is 199 g/mol. The Labute approximate surface area is 84.3 Å². The van der Waals surface area contributed by atoms with Gasteiger partial charge in [-0.25, -0.2) is 4.39 Å². The number of rotatable bonds is 7. The van der Waals surface area contributed by atoms with Crippen molar-refractivity contribution in [3.63, 3.8) is 0 Å². The zero-order valence-corrected chi connectivity index (χ0v) is 8.67. The van der Waals surface area contributed by atoms with Crippen LogP contribution in [-0.4, -0.2) is 23.0 Å². The molecule has 0 radical (unpaired) electrons. The molecule has 0 aliphatic carbocycles. The summed E-state index contributed by atoms with van der Waals surface area (Å²) in [5, 5.41) is 7.35. The highest BCUT2D eigenvalue weighted by Gasteiger charge is 2.00. The molecule has 14 heavy (non-hydrogen) atoms. The Bertz CT molecular complexity index is 247. The summed E-state index contributed by atoms with van der Waals surface area (Å²) in [6, 6.07) is 1.93. The predicted molar refractivity (Wildman–Crippen MR) is 54.8 cm³/mol. The largest absolute Gasteiger partial charge is 0.311 e. The molecule has 0 aliphatic rings. The molecule has 1 N–H and O–H groups in total. The van der Waals surface area contributed by atoms with Crippen LogP contribution in [0.3, 0.4) is 0 Å². The molecule has 1 aromatic heterocycles. The van der Waals surface area contributed by atoms with Crippen molar-refractivity contribution < 1.29 is 4.39 Å². The van der Waals surface area contributed by atoms with Crippen LogP contribution in [-0.2, 0) is 13.1 Å². The second kappa shape index (κ2) is 6.54. The van der Waals surface area contributed by atoms with E-state index in [0.29, 0.717) is 6.54 Å². The lowest BCUT2D eigenvalue weighted by molar-refractivity contribution is 0.417. The molecule has 0 saturated carbocycles. The Hall–Kier alpha value is -0.900. The van der Waals surface area contributed by atoms with Crippen LogP contribution in [0.25, 0.3) is 0 Å². The highest BCUT2D eigenvalue weighted by molar-refractivity contribution is 4.99. The number of aryl methyl sites for hydroxylation is 1. The summed E-state index contributed by atoms with van der Waals surface area (Å²) in [5.41, 5.74) is 1.05. The van der Waals surface area contributed by atoms with E-state index in [1.807, 2.05) is 6.07 Å². The molecule has 1 aromatic rings. The molecular weight excluding hydrogens is 181 g/mol. The van der Waals surface area contributed by atoms with Gasteiger partial charge < -0.3 is 5.32 Å². The fourth-order valence-corrected chi connectivity index (χ4v) is 1.31. The third kappa shape index (κ3) is 3.46. The van der Waals surface area contributed by atoms with E-state index in [9.17, 15) is 4.39 Å². The highest BCUT2D eigenvalue weighted by atomic mass is 19.1. The zero-order chi connectivity index (χ0) is 10.2. The zero-order valence-electron chi connectivity index (χ0n) is 8.67. The van der Waals surface area contributed by atoms with E-state index in [-0.39, 0.29) is 6.67 Å². The summed E-state index contributed by atoms with van der Waals surface area (Å²) in [4.78, 5) is 0. The Kier molecular flexibility index (Phi) is 5.22. The van der Waals surface area contributed by atoms with Crippen molar-refractivity contribution in [3.8, 4) is 0 Å². The van der Waals surface area contributed by atoms with Crippen molar-refractivity contribution in [1.29, 1.82) is 0 Å². The lowest BCUT2D eigenvalue weighted by atomic mass is 10.3. The maximum atomic E-state index is 12.1. The van der Waals surface area contributed by atoms with Gasteiger partial charge in [-0.05, 0) is 19.0 Å². The minimum Gasteiger partial charge on any atom is -0.311 e. The summed E-state index contributed by atoms with van der Waals surface area (Å²) in [6.45, 7) is 3.95. The first-order valence-corrected chi connectivity index (χ1v) is 5.16. The van der Waals surface area contributed by atoms with Gasteiger partial charge in [0.15, 0.2) is 0 Å². The molecule has 0 saturated heterocycles. The molecule has 1 heterocycles. The fraction of sp³-hybridized carbons (Fsp3) is 0.700. The average molecular weight is 199 g/mol. The average Bonchev–Trinajstić information content (AvgIpc) is 2.61. The van der Waals surface area contributed by atoms with Crippen LogP contribution in [0, 0.1) is 0 Å². The number of hydrogen-bond acceptors (Lipinski definition) is 2. The number of halogens is 1. The molecular formula is C10H18FN3. The number of nitrogens with zero attached hydrogens (tertiary/aromatic N) is 2. The van der Waals surface area contributed by atoms with Crippen molar-refractivity contribution in [2.75, 3.05) is 13.2 Å². The first-order chi connectivity index (χ1) is 6.88. The van der Waals surface area contributed by atoms with E-state index < -0.39 is 0 Å². The molecule has 0 spiro atoms.